The van der Waals surface area contributed by atoms with Crippen LogP contribution in [-0.4, -0.2) is 53.9 Å². The fraction of sp³-hybridized carbons (Fsp3) is 0.471. The van der Waals surface area contributed by atoms with Crippen LogP contribution in [0.15, 0.2) is 30.3 Å². The summed E-state index contributed by atoms with van der Waals surface area (Å²) in [5, 5.41) is 0. The summed E-state index contributed by atoms with van der Waals surface area (Å²) in [4.78, 5) is 39.2. The molecule has 0 aliphatic carbocycles. The Morgan fingerprint density at radius 3 is 2.50 bits per heavy atom. The molecular weight excluding hydrogens is 310 g/mol. The summed E-state index contributed by atoms with van der Waals surface area (Å²) in [5.41, 5.74) is 6.80. The van der Waals surface area contributed by atoms with Crippen molar-refractivity contribution in [2.24, 2.45) is 5.73 Å². The topological polar surface area (TPSA) is 92.9 Å². The number of nitrogens with zero attached hydrogens (tertiary/aromatic N) is 2. The standard InChI is InChI=1S/C17H23N3O4/c1-11-15(12-7-5-4-6-8-12)20(17(23)19(11)2)16(22)13(18)9-10-14(21)24-3/h4-8,11,13,15H,9-10,18H2,1-3H3/t11-,13-,15-/m0/s1. The van der Waals surface area contributed by atoms with Crippen molar-refractivity contribution >= 4 is 17.9 Å². The molecule has 1 aliphatic rings. The Balaban J connectivity index is 2.22. The van der Waals surface area contributed by atoms with E-state index in [0.717, 1.165) is 5.56 Å². The largest absolute Gasteiger partial charge is 0.469 e. The molecule has 130 valence electrons. The van der Waals surface area contributed by atoms with Gasteiger partial charge in [0.15, 0.2) is 0 Å². The number of nitrogens with two attached hydrogens (primary N) is 1. The van der Waals surface area contributed by atoms with Crippen LogP contribution in [0.1, 0.15) is 31.4 Å². The number of imide groups is 1. The van der Waals surface area contributed by atoms with Gasteiger partial charge in [0.2, 0.25) is 5.91 Å². The van der Waals surface area contributed by atoms with Gasteiger partial charge in [-0.2, -0.15) is 0 Å². The number of carbonyl (C=O) groups excluding carboxylic acids is 3. The number of hydrogen-bond donors (Lipinski definition) is 1. The number of amides is 3. The molecule has 1 aliphatic heterocycles. The van der Waals surface area contributed by atoms with Gasteiger partial charge in [-0.1, -0.05) is 30.3 Å². The first-order valence-corrected chi connectivity index (χ1v) is 7.85. The normalized spacial score (nSPS) is 21.8. The van der Waals surface area contributed by atoms with Crippen LogP contribution in [0.2, 0.25) is 0 Å². The number of likely N-dealkylation sites (N-methyl/N-ethyl adjacent to an activating group) is 1. The van der Waals surface area contributed by atoms with Gasteiger partial charge in [-0.05, 0) is 18.9 Å². The SMILES string of the molecule is COC(=O)CC[C@H](N)C(=O)N1C(=O)N(C)[C@@H](C)[C@H]1c1ccccc1. The highest BCUT2D eigenvalue weighted by Gasteiger charge is 2.46. The number of carbonyl (C=O) groups is 3. The molecule has 3 atom stereocenters. The maximum Gasteiger partial charge on any atom is 0.327 e. The number of ether oxygens (including phenoxy) is 1. The van der Waals surface area contributed by atoms with E-state index < -0.39 is 24.0 Å². The van der Waals surface area contributed by atoms with Crippen LogP contribution in [0.3, 0.4) is 0 Å². The Morgan fingerprint density at radius 2 is 1.92 bits per heavy atom. The molecule has 2 N–H and O–H groups in total. The summed E-state index contributed by atoms with van der Waals surface area (Å²) in [5.74, 6) is -0.912. The zero-order valence-electron chi connectivity index (χ0n) is 14.1. The maximum absolute atomic E-state index is 12.7. The van der Waals surface area contributed by atoms with Crippen molar-refractivity contribution in [3.8, 4) is 0 Å². The molecule has 7 nitrogen and oxygen atoms in total. The number of benzene rings is 1. The number of hydrogen-bond acceptors (Lipinski definition) is 5. The van der Waals surface area contributed by atoms with E-state index >= 15 is 0 Å². The Labute approximate surface area is 141 Å². The van der Waals surface area contributed by atoms with Crippen molar-refractivity contribution in [1.29, 1.82) is 0 Å². The van der Waals surface area contributed by atoms with E-state index in [1.165, 1.54) is 16.9 Å². The van der Waals surface area contributed by atoms with Gasteiger partial charge in [-0.15, -0.1) is 0 Å². The number of rotatable bonds is 5. The van der Waals surface area contributed by atoms with Gasteiger partial charge < -0.3 is 15.4 Å². The highest BCUT2D eigenvalue weighted by Crippen LogP contribution is 2.34. The lowest BCUT2D eigenvalue weighted by molar-refractivity contribution is -0.141. The summed E-state index contributed by atoms with van der Waals surface area (Å²) in [6.07, 6.45) is 0.168. The summed E-state index contributed by atoms with van der Waals surface area (Å²) < 4.78 is 4.56. The van der Waals surface area contributed by atoms with Crippen LogP contribution in [-0.2, 0) is 14.3 Å². The van der Waals surface area contributed by atoms with Crippen LogP contribution in [0.25, 0.3) is 0 Å². The fourth-order valence-corrected chi connectivity index (χ4v) is 2.88. The Bertz CT molecular complexity index is 620. The molecule has 7 heteroatoms. The molecule has 3 amide bonds. The molecule has 1 fully saturated rings. The first kappa shape index (κ1) is 17.9. The van der Waals surface area contributed by atoms with E-state index in [9.17, 15) is 14.4 Å². The molecule has 1 saturated heterocycles. The van der Waals surface area contributed by atoms with Gasteiger partial charge in [-0.3, -0.25) is 14.5 Å². The third-order valence-electron chi connectivity index (χ3n) is 4.44. The van der Waals surface area contributed by atoms with Crippen LogP contribution in [0.5, 0.6) is 0 Å². The molecule has 1 heterocycles. The third kappa shape index (κ3) is 3.41. The second-order valence-electron chi connectivity index (χ2n) is 5.92. The van der Waals surface area contributed by atoms with Gasteiger partial charge in [0.05, 0.1) is 25.2 Å². The minimum Gasteiger partial charge on any atom is -0.469 e. The first-order chi connectivity index (χ1) is 11.4. The number of esters is 1. The maximum atomic E-state index is 12.7. The first-order valence-electron chi connectivity index (χ1n) is 7.85. The van der Waals surface area contributed by atoms with Crippen molar-refractivity contribution in [2.75, 3.05) is 14.2 Å². The predicted octanol–water partition coefficient (Wildman–Crippen LogP) is 1.29. The van der Waals surface area contributed by atoms with Crippen LogP contribution in [0.4, 0.5) is 4.79 Å². The third-order valence-corrected chi connectivity index (χ3v) is 4.44. The minimum atomic E-state index is -0.932. The predicted molar refractivity (Wildman–Crippen MR) is 87.9 cm³/mol. The summed E-state index contributed by atoms with van der Waals surface area (Å²) in [6, 6.07) is 7.49. The molecule has 24 heavy (non-hydrogen) atoms. The Hall–Kier alpha value is -2.41. The van der Waals surface area contributed by atoms with Crippen LogP contribution < -0.4 is 5.73 Å². The Morgan fingerprint density at radius 1 is 1.29 bits per heavy atom. The van der Waals surface area contributed by atoms with Gasteiger partial charge in [0.25, 0.3) is 0 Å². The molecule has 0 unspecified atom stereocenters. The number of urea groups is 1. The van der Waals surface area contributed by atoms with Crippen molar-refractivity contribution in [3.05, 3.63) is 35.9 Å². The summed E-state index contributed by atoms with van der Waals surface area (Å²) in [6.45, 7) is 1.89. The van der Waals surface area contributed by atoms with E-state index in [4.69, 9.17) is 5.73 Å². The minimum absolute atomic E-state index is 0.0346. The molecule has 0 saturated carbocycles. The zero-order valence-corrected chi connectivity index (χ0v) is 14.1. The zero-order chi connectivity index (χ0) is 17.9. The molecule has 2 rings (SSSR count). The second kappa shape index (κ2) is 7.44. The van der Waals surface area contributed by atoms with Gasteiger partial charge in [0, 0.05) is 13.5 Å². The van der Waals surface area contributed by atoms with Gasteiger partial charge in [0.1, 0.15) is 0 Å². The molecular formula is C17H23N3O4. The van der Waals surface area contributed by atoms with E-state index in [0.29, 0.717) is 0 Å². The lowest BCUT2D eigenvalue weighted by Crippen LogP contribution is -2.46. The highest BCUT2D eigenvalue weighted by molar-refractivity contribution is 5.99. The lowest BCUT2D eigenvalue weighted by atomic mass is 9.99. The second-order valence-corrected chi connectivity index (χ2v) is 5.92. The van der Waals surface area contributed by atoms with Crippen molar-refractivity contribution in [1.82, 2.24) is 9.80 Å². The van der Waals surface area contributed by atoms with E-state index in [-0.39, 0.29) is 24.9 Å². The monoisotopic (exact) mass is 333 g/mol. The van der Waals surface area contributed by atoms with E-state index in [1.807, 2.05) is 37.3 Å². The molecule has 1 aromatic rings. The van der Waals surface area contributed by atoms with E-state index in [2.05, 4.69) is 4.74 Å². The highest BCUT2D eigenvalue weighted by atomic mass is 16.5. The van der Waals surface area contributed by atoms with Crippen molar-refractivity contribution in [2.45, 2.75) is 37.9 Å². The molecule has 0 aromatic heterocycles. The lowest BCUT2D eigenvalue weighted by Gasteiger charge is -2.26. The summed E-state index contributed by atoms with van der Waals surface area (Å²) in [7, 11) is 2.94. The quantitative estimate of drug-likeness (QED) is 0.820. The molecule has 0 radical (unpaired) electrons. The van der Waals surface area contributed by atoms with E-state index in [1.54, 1.807) is 7.05 Å². The molecule has 1 aromatic carbocycles. The van der Waals surface area contributed by atoms with Crippen molar-refractivity contribution < 1.29 is 19.1 Å². The molecule has 0 spiro atoms. The van der Waals surface area contributed by atoms with Gasteiger partial charge in [-0.25, -0.2) is 4.79 Å². The fourth-order valence-electron chi connectivity index (χ4n) is 2.88. The summed E-state index contributed by atoms with van der Waals surface area (Å²) >= 11 is 0. The van der Waals surface area contributed by atoms with Gasteiger partial charge >= 0.3 is 12.0 Å². The van der Waals surface area contributed by atoms with Crippen LogP contribution in [0, 0.1) is 0 Å². The molecule has 0 bridgehead atoms. The average molecular weight is 333 g/mol. The Kier molecular flexibility index (Phi) is 5.56. The average Bonchev–Trinajstić information content (AvgIpc) is 2.83. The van der Waals surface area contributed by atoms with Crippen LogP contribution >= 0.6 is 0 Å². The number of methoxy groups -OCH3 is 1. The smallest absolute Gasteiger partial charge is 0.327 e. The van der Waals surface area contributed by atoms with Crippen molar-refractivity contribution in [3.63, 3.8) is 0 Å².